The minimum absolute atomic E-state index is 0.494. The summed E-state index contributed by atoms with van der Waals surface area (Å²) in [7, 11) is 1.38. The van der Waals surface area contributed by atoms with Crippen LogP contribution < -0.4 is 5.32 Å². The average Bonchev–Trinajstić information content (AvgIpc) is 1.84. The maximum atomic E-state index is 12.3. The highest BCUT2D eigenvalue weighted by Crippen LogP contribution is 1.99. The molecule has 0 aromatic rings. The van der Waals surface area contributed by atoms with E-state index in [0.717, 1.165) is 16.4 Å². The molecule has 1 rings (SSSR count). The molecule has 4 nitrogen and oxygen atoms in total. The van der Waals surface area contributed by atoms with Gasteiger partial charge in [-0.15, -0.1) is 0 Å². The molecular formula is C5H6FN2O2+. The summed E-state index contributed by atoms with van der Waals surface area (Å²) in [6.45, 7) is 0. The molecule has 0 fully saturated rings. The van der Waals surface area contributed by atoms with Gasteiger partial charge < -0.3 is 0 Å². The highest BCUT2D eigenvalue weighted by atomic mass is 19.1. The zero-order valence-corrected chi connectivity index (χ0v) is 5.30. The normalized spacial score (nSPS) is 19.4. The van der Waals surface area contributed by atoms with Gasteiger partial charge in [0.15, 0.2) is 0 Å². The fourth-order valence-corrected chi connectivity index (χ4v) is 0.580. The standard InChI is InChI=1S/C5H5FN2O2/c1-8-2-3(6)4(9)7-5(8)10/h2H,1H3,(H,7,9,10)/p+1. The summed E-state index contributed by atoms with van der Waals surface area (Å²) in [6.07, 6.45) is 0.866. The van der Waals surface area contributed by atoms with Crippen molar-refractivity contribution in [1.29, 1.82) is 0 Å². The van der Waals surface area contributed by atoms with Gasteiger partial charge in [0.25, 0.3) is 0 Å². The van der Waals surface area contributed by atoms with Crippen molar-refractivity contribution in [1.82, 2.24) is 4.90 Å². The van der Waals surface area contributed by atoms with E-state index in [2.05, 4.69) is 0 Å². The Labute approximate surface area is 56.3 Å². The number of quaternary nitrogens is 1. The van der Waals surface area contributed by atoms with Gasteiger partial charge in [0.05, 0.1) is 6.20 Å². The summed E-state index contributed by atoms with van der Waals surface area (Å²) in [5, 5.41) is 0.718. The Bertz CT molecular complexity index is 224. The number of carbonyl (C=O) groups excluding carboxylic acids is 2. The Kier molecular flexibility index (Phi) is 1.50. The van der Waals surface area contributed by atoms with Crippen LogP contribution in [0.3, 0.4) is 0 Å². The van der Waals surface area contributed by atoms with E-state index in [4.69, 9.17) is 0 Å². The summed E-state index contributed by atoms with van der Waals surface area (Å²) < 4.78 is 12.3. The lowest BCUT2D eigenvalue weighted by molar-refractivity contribution is -0.476. The average molecular weight is 145 g/mol. The number of urea groups is 1. The SMILES string of the molecule is CN1C=C(F)C(=O)[NH2+]C1=O. The van der Waals surface area contributed by atoms with Gasteiger partial charge in [-0.1, -0.05) is 0 Å². The van der Waals surface area contributed by atoms with Crippen molar-refractivity contribution in [3.63, 3.8) is 0 Å². The van der Waals surface area contributed by atoms with Crippen LogP contribution in [0.1, 0.15) is 0 Å². The zero-order valence-electron chi connectivity index (χ0n) is 5.30. The molecule has 0 spiro atoms. The molecule has 0 aromatic carbocycles. The van der Waals surface area contributed by atoms with Crippen LogP contribution in [-0.4, -0.2) is 23.9 Å². The number of rotatable bonds is 0. The third kappa shape index (κ3) is 1.03. The number of imide groups is 1. The summed E-state index contributed by atoms with van der Waals surface area (Å²) in [5.74, 6) is -1.76. The Hall–Kier alpha value is -1.23. The first-order valence-electron chi connectivity index (χ1n) is 2.64. The number of hydrogen-bond donors (Lipinski definition) is 1. The van der Waals surface area contributed by atoms with Gasteiger partial charge in [-0.25, -0.2) is 9.59 Å². The summed E-state index contributed by atoms with van der Waals surface area (Å²) in [5.41, 5.74) is 0. The Balaban J connectivity index is 2.89. The maximum Gasteiger partial charge on any atom is 0.427 e. The van der Waals surface area contributed by atoms with Gasteiger partial charge in [-0.3, -0.25) is 4.90 Å². The number of amides is 3. The minimum Gasteiger partial charge on any atom is -0.268 e. The molecule has 1 aliphatic rings. The topological polar surface area (TPSA) is 54.0 Å². The Morgan fingerprint density at radius 3 is 2.70 bits per heavy atom. The highest BCUT2D eigenvalue weighted by molar-refractivity contribution is 5.91. The molecule has 0 saturated heterocycles. The second-order valence-electron chi connectivity index (χ2n) is 1.93. The van der Waals surface area contributed by atoms with Crippen LogP contribution in [0.2, 0.25) is 0 Å². The summed E-state index contributed by atoms with van der Waals surface area (Å²) in [6, 6.07) is -0.494. The van der Waals surface area contributed by atoms with E-state index in [1.807, 2.05) is 0 Å². The van der Waals surface area contributed by atoms with E-state index in [1.165, 1.54) is 7.05 Å². The van der Waals surface area contributed by atoms with Gasteiger partial charge >= 0.3 is 11.9 Å². The molecular weight excluding hydrogens is 139 g/mol. The van der Waals surface area contributed by atoms with Crippen LogP contribution >= 0.6 is 0 Å². The van der Waals surface area contributed by atoms with E-state index < -0.39 is 17.8 Å². The first-order chi connectivity index (χ1) is 4.61. The first kappa shape index (κ1) is 6.88. The maximum absolute atomic E-state index is 12.3. The van der Waals surface area contributed by atoms with Gasteiger partial charge in [-0.2, -0.15) is 9.71 Å². The molecule has 0 bridgehead atoms. The molecule has 0 unspecified atom stereocenters. The van der Waals surface area contributed by atoms with Crippen LogP contribution in [0, 0.1) is 0 Å². The van der Waals surface area contributed by atoms with Crippen molar-refractivity contribution in [2.75, 3.05) is 7.05 Å². The monoisotopic (exact) mass is 145 g/mol. The Morgan fingerprint density at radius 2 is 2.20 bits per heavy atom. The van der Waals surface area contributed by atoms with Crippen LogP contribution in [0.15, 0.2) is 12.0 Å². The molecule has 0 aromatic heterocycles. The molecule has 2 N–H and O–H groups in total. The molecule has 3 amide bonds. The predicted molar refractivity (Wildman–Crippen MR) is 29.3 cm³/mol. The van der Waals surface area contributed by atoms with E-state index >= 15 is 0 Å². The molecule has 1 aliphatic heterocycles. The van der Waals surface area contributed by atoms with Crippen molar-refractivity contribution < 1.29 is 19.3 Å². The lowest BCUT2D eigenvalue weighted by atomic mass is 10.4. The number of hydrogen-bond acceptors (Lipinski definition) is 2. The summed E-state index contributed by atoms with van der Waals surface area (Å²) in [4.78, 5) is 22.0. The predicted octanol–water partition coefficient (Wildman–Crippen LogP) is -1.05. The number of primary amides is 2. The second-order valence-corrected chi connectivity index (χ2v) is 1.93. The minimum atomic E-state index is -0.901. The lowest BCUT2D eigenvalue weighted by Gasteiger charge is -2.11. The first-order valence-corrected chi connectivity index (χ1v) is 2.64. The molecule has 0 aliphatic carbocycles. The van der Waals surface area contributed by atoms with Crippen LogP contribution in [0.25, 0.3) is 0 Å². The molecule has 0 radical (unpaired) electrons. The van der Waals surface area contributed by atoms with Crippen molar-refractivity contribution in [2.45, 2.75) is 0 Å². The van der Waals surface area contributed by atoms with Crippen molar-refractivity contribution >= 4 is 11.9 Å². The highest BCUT2D eigenvalue weighted by Gasteiger charge is 2.27. The molecule has 0 saturated carbocycles. The summed E-state index contributed by atoms with van der Waals surface area (Å²) >= 11 is 0. The largest absolute Gasteiger partial charge is 0.427 e. The zero-order chi connectivity index (χ0) is 7.72. The van der Waals surface area contributed by atoms with Crippen LogP contribution in [0.5, 0.6) is 0 Å². The van der Waals surface area contributed by atoms with E-state index in [9.17, 15) is 14.0 Å². The van der Waals surface area contributed by atoms with Crippen molar-refractivity contribution in [2.24, 2.45) is 0 Å². The van der Waals surface area contributed by atoms with Gasteiger partial charge in [-0.05, 0) is 0 Å². The molecule has 5 heteroatoms. The van der Waals surface area contributed by atoms with Gasteiger partial charge in [0.1, 0.15) is 0 Å². The number of nitrogens with two attached hydrogens (primary N) is 1. The number of halogens is 1. The number of carbonyl (C=O) groups is 2. The molecule has 1 heterocycles. The van der Waals surface area contributed by atoms with E-state index in [0.29, 0.717) is 0 Å². The van der Waals surface area contributed by atoms with Crippen LogP contribution in [0.4, 0.5) is 9.18 Å². The Morgan fingerprint density at radius 1 is 1.60 bits per heavy atom. The third-order valence-corrected chi connectivity index (χ3v) is 1.14. The quantitative estimate of drug-likeness (QED) is 0.473. The molecule has 0 atom stereocenters. The fraction of sp³-hybridized carbons (Fsp3) is 0.200. The van der Waals surface area contributed by atoms with E-state index in [1.54, 1.807) is 0 Å². The second kappa shape index (κ2) is 2.18. The number of nitrogens with zero attached hydrogens (tertiary/aromatic N) is 1. The van der Waals surface area contributed by atoms with E-state index in [-0.39, 0.29) is 0 Å². The smallest absolute Gasteiger partial charge is 0.268 e. The van der Waals surface area contributed by atoms with Crippen molar-refractivity contribution in [3.05, 3.63) is 12.0 Å². The van der Waals surface area contributed by atoms with Gasteiger partial charge in [0.2, 0.25) is 5.83 Å². The molecule has 54 valence electrons. The van der Waals surface area contributed by atoms with Crippen molar-refractivity contribution in [3.8, 4) is 0 Å². The third-order valence-electron chi connectivity index (χ3n) is 1.14. The van der Waals surface area contributed by atoms with Crippen LogP contribution in [-0.2, 0) is 4.79 Å². The fourth-order valence-electron chi connectivity index (χ4n) is 0.580. The van der Waals surface area contributed by atoms with Gasteiger partial charge in [0, 0.05) is 7.05 Å². The lowest BCUT2D eigenvalue weighted by Crippen LogP contribution is -2.95. The molecule has 10 heavy (non-hydrogen) atoms.